The zero-order valence-electron chi connectivity index (χ0n) is 25.0. The number of nitrogens with two attached hydrogens (primary N) is 3. The summed E-state index contributed by atoms with van der Waals surface area (Å²) in [6.45, 7) is 4.03. The fraction of sp³-hybridized carbons (Fsp3) is 0.516. The quantitative estimate of drug-likeness (QED) is 0.141. The van der Waals surface area contributed by atoms with Gasteiger partial charge in [-0.05, 0) is 92.2 Å². The Labute approximate surface area is 253 Å². The summed E-state index contributed by atoms with van der Waals surface area (Å²) in [5, 5.41) is 29.1. The van der Waals surface area contributed by atoms with Crippen molar-refractivity contribution in [1.29, 1.82) is 0 Å². The largest absolute Gasteiger partial charge is 0.508 e. The van der Waals surface area contributed by atoms with E-state index in [2.05, 4.69) is 16.0 Å². The molecule has 43 heavy (non-hydrogen) atoms. The fourth-order valence-electron chi connectivity index (χ4n) is 5.18. The highest BCUT2D eigenvalue weighted by Crippen LogP contribution is 2.29. The van der Waals surface area contributed by atoms with E-state index in [1.807, 2.05) is 6.07 Å². The molecule has 3 amide bonds. The Hall–Kier alpha value is -3.71. The zero-order chi connectivity index (χ0) is 31.4. The van der Waals surface area contributed by atoms with Crippen LogP contribution >= 0.6 is 0 Å². The van der Waals surface area contributed by atoms with Crippen LogP contribution in [0.15, 0.2) is 36.4 Å². The molecule has 0 bridgehead atoms. The fourth-order valence-corrected chi connectivity index (χ4v) is 5.18. The lowest BCUT2D eigenvalue weighted by Gasteiger charge is -2.30. The van der Waals surface area contributed by atoms with Crippen LogP contribution in [0.4, 0.5) is 0 Å². The van der Waals surface area contributed by atoms with Crippen molar-refractivity contribution >= 4 is 17.7 Å². The van der Waals surface area contributed by atoms with Gasteiger partial charge >= 0.3 is 0 Å². The Morgan fingerprint density at radius 3 is 2.40 bits per heavy atom. The van der Waals surface area contributed by atoms with E-state index >= 15 is 0 Å². The molecule has 0 aliphatic carbocycles. The number of phenols is 2. The van der Waals surface area contributed by atoms with Crippen LogP contribution in [-0.4, -0.2) is 90.2 Å². The van der Waals surface area contributed by atoms with Gasteiger partial charge in [0.2, 0.25) is 17.7 Å². The van der Waals surface area contributed by atoms with Crippen LogP contribution in [0.2, 0.25) is 0 Å². The minimum absolute atomic E-state index is 0.0103. The van der Waals surface area contributed by atoms with Gasteiger partial charge in [0.05, 0.1) is 12.6 Å². The minimum atomic E-state index is -1.06. The number of nitrogens with one attached hydrogen (secondary N) is 3. The maximum atomic E-state index is 13.1. The SMILES string of the molecule is Cc1cc(-c2ccc(O)c(C[C@H](N)C(=O)N[C@@H](CCCN)C(=O)NCC(=O)N(CCN)CC3CCCCN3)c2)ccc1O. The predicted octanol–water partition coefficient (Wildman–Crippen LogP) is 0.212. The maximum Gasteiger partial charge on any atom is 0.243 e. The van der Waals surface area contributed by atoms with Crippen LogP contribution < -0.4 is 33.2 Å². The summed E-state index contributed by atoms with van der Waals surface area (Å²) in [4.78, 5) is 40.8. The van der Waals surface area contributed by atoms with Gasteiger partial charge in [0.25, 0.3) is 0 Å². The van der Waals surface area contributed by atoms with E-state index in [-0.39, 0.29) is 42.8 Å². The van der Waals surface area contributed by atoms with Crippen molar-refractivity contribution in [3.63, 3.8) is 0 Å². The number of hydrogen-bond acceptors (Lipinski definition) is 9. The first-order valence-electron chi connectivity index (χ1n) is 15.0. The van der Waals surface area contributed by atoms with E-state index in [4.69, 9.17) is 17.2 Å². The first-order chi connectivity index (χ1) is 20.6. The van der Waals surface area contributed by atoms with Crippen molar-refractivity contribution in [1.82, 2.24) is 20.9 Å². The molecular weight excluding hydrogens is 550 g/mol. The Bertz CT molecular complexity index is 1240. The molecule has 3 atom stereocenters. The van der Waals surface area contributed by atoms with Crippen LogP contribution in [0.3, 0.4) is 0 Å². The second-order valence-electron chi connectivity index (χ2n) is 11.1. The molecule has 1 fully saturated rings. The molecule has 1 aliphatic rings. The van der Waals surface area contributed by atoms with Crippen molar-refractivity contribution in [3.05, 3.63) is 47.5 Å². The van der Waals surface area contributed by atoms with Gasteiger partial charge in [0, 0.05) is 32.1 Å². The van der Waals surface area contributed by atoms with Crippen LogP contribution in [0.1, 0.15) is 43.2 Å². The molecule has 0 radical (unpaired) electrons. The number of benzene rings is 2. The molecule has 1 saturated heterocycles. The van der Waals surface area contributed by atoms with E-state index in [0.29, 0.717) is 43.7 Å². The van der Waals surface area contributed by atoms with Gasteiger partial charge in [-0.3, -0.25) is 14.4 Å². The van der Waals surface area contributed by atoms with Gasteiger partial charge in [0.1, 0.15) is 17.5 Å². The average molecular weight is 598 g/mol. The molecule has 0 aromatic heterocycles. The Balaban J connectivity index is 1.61. The van der Waals surface area contributed by atoms with E-state index in [9.17, 15) is 24.6 Å². The van der Waals surface area contributed by atoms with Crippen molar-refractivity contribution in [2.75, 3.05) is 39.3 Å². The number of amides is 3. The first-order valence-corrected chi connectivity index (χ1v) is 15.0. The van der Waals surface area contributed by atoms with Gasteiger partial charge in [0.15, 0.2) is 0 Å². The van der Waals surface area contributed by atoms with Gasteiger partial charge in [-0.25, -0.2) is 0 Å². The number of aryl methyl sites for hydroxylation is 1. The average Bonchev–Trinajstić information content (AvgIpc) is 3.00. The van der Waals surface area contributed by atoms with E-state index in [1.165, 1.54) is 6.07 Å². The molecular formula is C31H47N7O5. The number of nitrogens with zero attached hydrogens (tertiary/aromatic N) is 1. The highest BCUT2D eigenvalue weighted by atomic mass is 16.3. The lowest BCUT2D eigenvalue weighted by Crippen LogP contribution is -2.54. The summed E-state index contributed by atoms with van der Waals surface area (Å²) in [5.74, 6) is -1.14. The van der Waals surface area contributed by atoms with E-state index < -0.39 is 23.9 Å². The zero-order valence-corrected chi connectivity index (χ0v) is 25.0. The van der Waals surface area contributed by atoms with E-state index in [1.54, 1.807) is 36.1 Å². The number of carbonyl (C=O) groups excluding carboxylic acids is 3. The maximum absolute atomic E-state index is 13.1. The molecule has 12 heteroatoms. The van der Waals surface area contributed by atoms with Crippen molar-refractivity contribution in [2.24, 2.45) is 17.2 Å². The topological polar surface area (TPSA) is 209 Å². The minimum Gasteiger partial charge on any atom is -0.508 e. The molecule has 2 aromatic rings. The summed E-state index contributed by atoms with van der Waals surface area (Å²) in [7, 11) is 0. The monoisotopic (exact) mass is 597 g/mol. The standard InChI is InChI=1S/C31H47N7O5/c1-20-15-21(7-9-27(20)39)22-8-10-28(40)23(16-22)17-25(34)30(42)37-26(6-4-11-32)31(43)36-18-29(41)38(14-12-33)19-24-5-2-3-13-35-24/h7-10,15-16,24-26,35,39-40H,2-6,11-14,17-19,32-34H2,1H3,(H,36,43)(H,37,42)/t24?,25-,26-/m0/s1. The molecule has 11 N–H and O–H groups in total. The highest BCUT2D eigenvalue weighted by molar-refractivity contribution is 5.92. The summed E-state index contributed by atoms with van der Waals surface area (Å²) in [6, 6.07) is 8.41. The molecule has 1 aliphatic heterocycles. The van der Waals surface area contributed by atoms with Crippen LogP contribution in [0.5, 0.6) is 11.5 Å². The third kappa shape index (κ3) is 10.2. The predicted molar refractivity (Wildman–Crippen MR) is 166 cm³/mol. The third-order valence-electron chi connectivity index (χ3n) is 7.73. The highest BCUT2D eigenvalue weighted by Gasteiger charge is 2.26. The number of aromatic hydroxyl groups is 2. The number of phenolic OH excluding ortho intramolecular Hbond substituents is 2. The molecule has 2 aromatic carbocycles. The second-order valence-corrected chi connectivity index (χ2v) is 11.1. The molecule has 1 unspecified atom stereocenters. The Kier molecular flexibility index (Phi) is 13.2. The summed E-state index contributed by atoms with van der Waals surface area (Å²) >= 11 is 0. The molecule has 0 saturated carbocycles. The van der Waals surface area contributed by atoms with Crippen LogP contribution in [-0.2, 0) is 20.8 Å². The van der Waals surface area contributed by atoms with Crippen LogP contribution in [0, 0.1) is 6.92 Å². The van der Waals surface area contributed by atoms with Crippen molar-refractivity contribution in [3.8, 4) is 22.6 Å². The lowest BCUT2D eigenvalue weighted by molar-refractivity contribution is -0.134. The number of rotatable bonds is 15. The van der Waals surface area contributed by atoms with Gasteiger partial charge in [-0.1, -0.05) is 18.6 Å². The van der Waals surface area contributed by atoms with Gasteiger partial charge < -0.3 is 48.3 Å². The molecule has 236 valence electrons. The van der Waals surface area contributed by atoms with Crippen molar-refractivity contribution < 1.29 is 24.6 Å². The Morgan fingerprint density at radius 1 is 1.02 bits per heavy atom. The second kappa shape index (κ2) is 16.8. The first kappa shape index (κ1) is 33.8. The Morgan fingerprint density at radius 2 is 1.74 bits per heavy atom. The molecule has 0 spiro atoms. The molecule has 12 nitrogen and oxygen atoms in total. The van der Waals surface area contributed by atoms with Crippen LogP contribution in [0.25, 0.3) is 11.1 Å². The number of carbonyl (C=O) groups is 3. The van der Waals surface area contributed by atoms with Gasteiger partial charge in [-0.15, -0.1) is 0 Å². The van der Waals surface area contributed by atoms with E-state index in [0.717, 1.165) is 36.9 Å². The number of piperidine rings is 1. The molecule has 3 rings (SSSR count). The normalized spacial score (nSPS) is 16.2. The third-order valence-corrected chi connectivity index (χ3v) is 7.73. The smallest absolute Gasteiger partial charge is 0.243 e. The number of hydrogen-bond donors (Lipinski definition) is 8. The van der Waals surface area contributed by atoms with Gasteiger partial charge in [-0.2, -0.15) is 0 Å². The molecule has 1 heterocycles. The summed E-state index contributed by atoms with van der Waals surface area (Å²) in [5.41, 5.74) is 20.4. The van der Waals surface area contributed by atoms with Crippen molar-refractivity contribution in [2.45, 2.75) is 63.6 Å². The summed E-state index contributed by atoms with van der Waals surface area (Å²) < 4.78 is 0. The summed E-state index contributed by atoms with van der Waals surface area (Å²) in [6.07, 6.45) is 3.97. The lowest BCUT2D eigenvalue weighted by atomic mass is 9.97.